The molecule has 2 heteroatoms. The molecule has 0 atom stereocenters. The van der Waals surface area contributed by atoms with Crippen LogP contribution in [-0.4, -0.2) is 12.1 Å². The van der Waals surface area contributed by atoms with Crippen molar-refractivity contribution >= 4 is 6.08 Å². The van der Waals surface area contributed by atoms with Crippen LogP contribution in [0.4, 0.5) is 0 Å². The van der Waals surface area contributed by atoms with Crippen molar-refractivity contribution in [3.05, 3.63) is 41.0 Å². The molecule has 1 N–H and O–H groups in total. The predicted molar refractivity (Wildman–Crippen MR) is 72.6 cm³/mol. The van der Waals surface area contributed by atoms with Gasteiger partial charge in [0.1, 0.15) is 0 Å². The van der Waals surface area contributed by atoms with Crippen LogP contribution in [0.25, 0.3) is 6.08 Å². The molecular weight excluding hydrogens is 208 g/mol. The molecule has 0 saturated heterocycles. The summed E-state index contributed by atoms with van der Waals surface area (Å²) in [7, 11) is 0. The van der Waals surface area contributed by atoms with Gasteiger partial charge in [0.15, 0.2) is 0 Å². The minimum absolute atomic E-state index is 0.115. The Morgan fingerprint density at radius 1 is 1.35 bits per heavy atom. The zero-order chi connectivity index (χ0) is 12.9. The lowest BCUT2D eigenvalue weighted by molar-refractivity contribution is 0.445. The topological polar surface area (TPSA) is 35.8 Å². The number of nitrogens with zero attached hydrogens (tertiary/aromatic N) is 1. The first-order valence-corrected chi connectivity index (χ1v) is 5.84. The third-order valence-electron chi connectivity index (χ3n) is 2.38. The number of nitrogens with one attached hydrogen (secondary N) is 1. The molecule has 0 fully saturated rings. The van der Waals surface area contributed by atoms with Crippen molar-refractivity contribution in [1.29, 1.82) is 5.26 Å². The highest BCUT2D eigenvalue weighted by atomic mass is 14.9. The first kappa shape index (κ1) is 13.5. The van der Waals surface area contributed by atoms with E-state index in [0.29, 0.717) is 0 Å². The highest BCUT2D eigenvalue weighted by Crippen LogP contribution is 2.12. The Balaban J connectivity index is 2.78. The van der Waals surface area contributed by atoms with Gasteiger partial charge in [-0.2, -0.15) is 5.26 Å². The van der Waals surface area contributed by atoms with Gasteiger partial charge in [0.05, 0.1) is 11.6 Å². The first-order valence-electron chi connectivity index (χ1n) is 5.84. The van der Waals surface area contributed by atoms with Crippen LogP contribution in [0.5, 0.6) is 0 Å². The van der Waals surface area contributed by atoms with Gasteiger partial charge in [-0.05, 0) is 39.3 Å². The summed E-state index contributed by atoms with van der Waals surface area (Å²) in [6.07, 6.45) is 2.07. The number of hydrogen-bond donors (Lipinski definition) is 1. The van der Waals surface area contributed by atoms with Crippen LogP contribution in [0, 0.1) is 11.3 Å². The molecule has 0 amide bonds. The van der Waals surface area contributed by atoms with Crippen molar-refractivity contribution < 1.29 is 0 Å². The lowest BCUT2D eigenvalue weighted by atomic mass is 10.0. The minimum atomic E-state index is 0.115. The number of rotatable bonds is 3. The maximum Gasteiger partial charge on any atom is 0.0997 e. The van der Waals surface area contributed by atoms with E-state index < -0.39 is 0 Å². The van der Waals surface area contributed by atoms with Crippen molar-refractivity contribution in [2.75, 3.05) is 6.54 Å². The van der Waals surface area contributed by atoms with Gasteiger partial charge in [-0.25, -0.2) is 0 Å². The quantitative estimate of drug-likeness (QED) is 0.861. The Morgan fingerprint density at radius 3 is 2.59 bits per heavy atom. The van der Waals surface area contributed by atoms with Gasteiger partial charge in [0, 0.05) is 12.1 Å². The molecule has 0 unspecified atom stereocenters. The lowest BCUT2D eigenvalue weighted by Gasteiger charge is -2.20. The summed E-state index contributed by atoms with van der Waals surface area (Å²) in [5, 5.41) is 12.4. The van der Waals surface area contributed by atoms with Gasteiger partial charge >= 0.3 is 0 Å². The van der Waals surface area contributed by atoms with Crippen molar-refractivity contribution in [1.82, 2.24) is 5.32 Å². The molecule has 0 radical (unpaired) electrons. The van der Waals surface area contributed by atoms with E-state index in [1.165, 1.54) is 5.57 Å². The van der Waals surface area contributed by atoms with Gasteiger partial charge in [-0.15, -0.1) is 0 Å². The molecule has 0 heterocycles. The standard InChI is InChI=1S/C15H20N2/c1-12(11-17-15(2,3)4)9-13-7-5-6-8-14(13)10-16/h5-9,17H,11H2,1-4H3/b12-9-. The first-order chi connectivity index (χ1) is 7.92. The lowest BCUT2D eigenvalue weighted by Crippen LogP contribution is -2.36. The van der Waals surface area contributed by atoms with Gasteiger partial charge in [-0.3, -0.25) is 0 Å². The maximum atomic E-state index is 9.00. The molecule has 2 nitrogen and oxygen atoms in total. The molecule has 90 valence electrons. The second kappa shape index (κ2) is 5.65. The molecule has 0 aromatic heterocycles. The SMILES string of the molecule is C/C(=C/c1ccccc1C#N)CNC(C)(C)C. The smallest absolute Gasteiger partial charge is 0.0997 e. The van der Waals surface area contributed by atoms with Crippen LogP contribution in [0.1, 0.15) is 38.8 Å². The Morgan fingerprint density at radius 2 is 2.00 bits per heavy atom. The fraction of sp³-hybridized carbons (Fsp3) is 0.400. The van der Waals surface area contributed by atoms with E-state index in [-0.39, 0.29) is 5.54 Å². The predicted octanol–water partition coefficient (Wildman–Crippen LogP) is 3.35. The fourth-order valence-corrected chi connectivity index (χ4v) is 1.45. The molecule has 0 aliphatic heterocycles. The Labute approximate surface area is 104 Å². The third-order valence-corrected chi connectivity index (χ3v) is 2.38. The molecule has 1 rings (SSSR count). The third kappa shape index (κ3) is 4.84. The molecule has 0 saturated carbocycles. The van der Waals surface area contributed by atoms with Crippen molar-refractivity contribution in [3.63, 3.8) is 0 Å². The summed E-state index contributed by atoms with van der Waals surface area (Å²) in [6.45, 7) is 9.34. The average Bonchev–Trinajstić information content (AvgIpc) is 2.26. The van der Waals surface area contributed by atoms with Crippen LogP contribution >= 0.6 is 0 Å². The average molecular weight is 228 g/mol. The molecule has 0 spiro atoms. The molecule has 1 aromatic rings. The van der Waals surface area contributed by atoms with Crippen LogP contribution in [0.15, 0.2) is 29.8 Å². The highest BCUT2D eigenvalue weighted by molar-refractivity contribution is 5.60. The molecule has 0 bridgehead atoms. The van der Waals surface area contributed by atoms with E-state index >= 15 is 0 Å². The monoisotopic (exact) mass is 228 g/mol. The second-order valence-electron chi connectivity index (χ2n) is 5.29. The summed E-state index contributed by atoms with van der Waals surface area (Å²) in [5.41, 5.74) is 3.05. The summed E-state index contributed by atoms with van der Waals surface area (Å²) < 4.78 is 0. The van der Waals surface area contributed by atoms with E-state index in [1.807, 2.05) is 24.3 Å². The maximum absolute atomic E-state index is 9.00. The molecule has 0 aliphatic rings. The van der Waals surface area contributed by atoms with E-state index in [9.17, 15) is 0 Å². The fourth-order valence-electron chi connectivity index (χ4n) is 1.45. The normalized spacial score (nSPS) is 12.3. The van der Waals surface area contributed by atoms with E-state index in [0.717, 1.165) is 17.7 Å². The summed E-state index contributed by atoms with van der Waals surface area (Å²) in [6, 6.07) is 9.87. The highest BCUT2D eigenvalue weighted by Gasteiger charge is 2.08. The van der Waals surface area contributed by atoms with E-state index in [1.54, 1.807) is 0 Å². The van der Waals surface area contributed by atoms with Gasteiger partial charge in [-0.1, -0.05) is 29.8 Å². The number of nitriles is 1. The molecule has 1 aromatic carbocycles. The second-order valence-corrected chi connectivity index (χ2v) is 5.29. The van der Waals surface area contributed by atoms with Crippen molar-refractivity contribution in [2.45, 2.75) is 33.2 Å². The zero-order valence-electron chi connectivity index (χ0n) is 11.0. The molecule has 17 heavy (non-hydrogen) atoms. The summed E-state index contributed by atoms with van der Waals surface area (Å²) in [4.78, 5) is 0. The van der Waals surface area contributed by atoms with Crippen LogP contribution in [0.3, 0.4) is 0 Å². The van der Waals surface area contributed by atoms with Crippen molar-refractivity contribution in [3.8, 4) is 6.07 Å². The Bertz CT molecular complexity index is 445. The number of hydrogen-bond acceptors (Lipinski definition) is 2. The zero-order valence-corrected chi connectivity index (χ0v) is 11.0. The summed E-state index contributed by atoms with van der Waals surface area (Å²) >= 11 is 0. The largest absolute Gasteiger partial charge is 0.308 e. The van der Waals surface area contributed by atoms with Crippen LogP contribution in [-0.2, 0) is 0 Å². The van der Waals surface area contributed by atoms with E-state index in [4.69, 9.17) is 5.26 Å². The molecular formula is C15H20N2. The minimum Gasteiger partial charge on any atom is -0.308 e. The Kier molecular flexibility index (Phi) is 4.48. The Hall–Kier alpha value is -1.59. The van der Waals surface area contributed by atoms with Gasteiger partial charge < -0.3 is 5.32 Å². The van der Waals surface area contributed by atoms with E-state index in [2.05, 4.69) is 45.2 Å². The van der Waals surface area contributed by atoms with Crippen LogP contribution in [0.2, 0.25) is 0 Å². The van der Waals surface area contributed by atoms with Gasteiger partial charge in [0.2, 0.25) is 0 Å². The van der Waals surface area contributed by atoms with Crippen LogP contribution < -0.4 is 5.32 Å². The number of benzene rings is 1. The van der Waals surface area contributed by atoms with Gasteiger partial charge in [0.25, 0.3) is 0 Å². The van der Waals surface area contributed by atoms with Crippen molar-refractivity contribution in [2.24, 2.45) is 0 Å². The molecule has 0 aliphatic carbocycles. The summed E-state index contributed by atoms with van der Waals surface area (Å²) in [5.74, 6) is 0.